The summed E-state index contributed by atoms with van der Waals surface area (Å²) in [6.07, 6.45) is -0.504. The van der Waals surface area contributed by atoms with Crippen LogP contribution >= 0.6 is 11.6 Å². The van der Waals surface area contributed by atoms with Gasteiger partial charge in [-0.2, -0.15) is 13.2 Å². The number of alkyl halides is 3. The van der Waals surface area contributed by atoms with E-state index in [4.69, 9.17) is 17.0 Å². The Morgan fingerprint density at radius 1 is 1.17 bits per heavy atom. The minimum absolute atomic E-state index is 0.0860. The van der Waals surface area contributed by atoms with E-state index in [9.17, 15) is 22.4 Å². The van der Waals surface area contributed by atoms with Gasteiger partial charge < -0.3 is 5.32 Å². The summed E-state index contributed by atoms with van der Waals surface area (Å²) in [5.74, 6) is -1.64. The monoisotopic (exact) mass is 438 g/mol. The van der Waals surface area contributed by atoms with Crippen LogP contribution in [0, 0.1) is 17.1 Å². The van der Waals surface area contributed by atoms with E-state index < -0.39 is 29.0 Å². The first-order valence-corrected chi connectivity index (χ1v) is 9.73. The quantitative estimate of drug-likeness (QED) is 0.397. The maximum absolute atomic E-state index is 14.6. The van der Waals surface area contributed by atoms with Crippen LogP contribution in [-0.2, 0) is 6.18 Å². The predicted molar refractivity (Wildman–Crippen MR) is 109 cm³/mol. The van der Waals surface area contributed by atoms with Crippen LogP contribution in [0.15, 0.2) is 48.0 Å². The number of hydrogen-bond acceptors (Lipinski definition) is 2. The Morgan fingerprint density at radius 3 is 2.53 bits per heavy atom. The molecular weight excluding hydrogens is 420 g/mol. The zero-order valence-electron chi connectivity index (χ0n) is 16.0. The summed E-state index contributed by atoms with van der Waals surface area (Å²) in [6.45, 7) is 1.99. The Balaban J connectivity index is 2.01. The lowest BCUT2D eigenvalue weighted by Crippen LogP contribution is -2.21. The summed E-state index contributed by atoms with van der Waals surface area (Å²) >= 11 is 5.88. The van der Waals surface area contributed by atoms with Gasteiger partial charge in [0.25, 0.3) is 5.91 Å². The van der Waals surface area contributed by atoms with Gasteiger partial charge in [-0.3, -0.25) is 10.2 Å². The second kappa shape index (κ2) is 8.60. The number of nitrogens with one attached hydrogen (secondary N) is 2. The van der Waals surface area contributed by atoms with Crippen LogP contribution in [0.3, 0.4) is 0 Å². The largest absolute Gasteiger partial charge is 0.417 e. The van der Waals surface area contributed by atoms with Crippen molar-refractivity contribution in [2.75, 3.05) is 5.32 Å². The molecule has 2 N–H and O–H groups in total. The Bertz CT molecular complexity index is 1030. The lowest BCUT2D eigenvalue weighted by Gasteiger charge is -2.21. The lowest BCUT2D eigenvalue weighted by atomic mass is 9.87. The molecule has 30 heavy (non-hydrogen) atoms. The van der Waals surface area contributed by atoms with E-state index in [0.717, 1.165) is 31.0 Å². The Hall–Kier alpha value is -2.67. The first-order valence-electron chi connectivity index (χ1n) is 9.35. The Kier molecular flexibility index (Phi) is 6.31. The topological polar surface area (TPSA) is 53.0 Å². The Labute approximate surface area is 176 Å². The summed E-state index contributed by atoms with van der Waals surface area (Å²) in [5.41, 5.74) is -1.64. The van der Waals surface area contributed by atoms with Gasteiger partial charge in [0.05, 0.1) is 33.1 Å². The Morgan fingerprint density at radius 2 is 1.87 bits per heavy atom. The molecule has 0 saturated heterocycles. The highest BCUT2D eigenvalue weighted by Gasteiger charge is 2.36. The molecule has 1 aliphatic carbocycles. The highest BCUT2D eigenvalue weighted by atomic mass is 35.5. The minimum Gasteiger partial charge on any atom is -0.321 e. The molecule has 0 radical (unpaired) electrons. The molecule has 3 rings (SSSR count). The second-order valence-electron chi connectivity index (χ2n) is 7.21. The van der Waals surface area contributed by atoms with Gasteiger partial charge >= 0.3 is 6.18 Å². The van der Waals surface area contributed by atoms with Gasteiger partial charge in [0.1, 0.15) is 5.82 Å². The maximum Gasteiger partial charge on any atom is 0.417 e. The fourth-order valence-corrected chi connectivity index (χ4v) is 3.81. The van der Waals surface area contributed by atoms with Crippen molar-refractivity contribution in [3.63, 3.8) is 0 Å². The third-order valence-electron chi connectivity index (χ3n) is 4.97. The minimum atomic E-state index is -4.79. The number of halogens is 5. The summed E-state index contributed by atoms with van der Waals surface area (Å²) in [4.78, 5) is 12.7. The molecular formula is C22H19ClF4N2O. The molecule has 2 aromatic rings. The van der Waals surface area contributed by atoms with Gasteiger partial charge in [-0.05, 0) is 55.0 Å². The molecule has 1 amide bonds. The predicted octanol–water partition coefficient (Wildman–Crippen LogP) is 6.86. The van der Waals surface area contributed by atoms with Crippen molar-refractivity contribution in [1.82, 2.24) is 0 Å². The van der Waals surface area contributed by atoms with Gasteiger partial charge in [0.15, 0.2) is 0 Å². The molecule has 1 unspecified atom stereocenters. The molecule has 0 saturated carbocycles. The van der Waals surface area contributed by atoms with E-state index in [1.54, 1.807) is 0 Å². The zero-order chi connectivity index (χ0) is 22.1. The number of benzene rings is 2. The van der Waals surface area contributed by atoms with Crippen LogP contribution < -0.4 is 5.32 Å². The van der Waals surface area contributed by atoms with Crippen molar-refractivity contribution in [1.29, 1.82) is 5.41 Å². The molecule has 8 heteroatoms. The molecule has 0 heterocycles. The van der Waals surface area contributed by atoms with Crippen molar-refractivity contribution >= 4 is 28.9 Å². The maximum atomic E-state index is 14.6. The van der Waals surface area contributed by atoms with Gasteiger partial charge in [-0.25, -0.2) is 4.39 Å². The van der Waals surface area contributed by atoms with E-state index in [1.807, 2.05) is 13.0 Å². The first-order chi connectivity index (χ1) is 14.1. The summed E-state index contributed by atoms with van der Waals surface area (Å²) in [7, 11) is 0. The molecule has 158 valence electrons. The number of carbonyl (C=O) groups excluding carboxylic acids is 1. The number of anilines is 1. The van der Waals surface area contributed by atoms with Gasteiger partial charge in [0, 0.05) is 0 Å². The number of carbonyl (C=O) groups is 1. The van der Waals surface area contributed by atoms with E-state index in [-0.39, 0.29) is 27.9 Å². The SMILES string of the molecule is CC1C=C(C(=N)c2c(F)cccc2NC(=O)c2c(Cl)cccc2C(F)(F)F)CCC1. The third kappa shape index (κ3) is 4.56. The normalized spacial score (nSPS) is 16.7. The second-order valence-corrected chi connectivity index (χ2v) is 7.62. The smallest absolute Gasteiger partial charge is 0.321 e. The van der Waals surface area contributed by atoms with Gasteiger partial charge in [0.2, 0.25) is 0 Å². The van der Waals surface area contributed by atoms with Crippen LogP contribution in [0.25, 0.3) is 0 Å². The first kappa shape index (κ1) is 22.0. The lowest BCUT2D eigenvalue weighted by molar-refractivity contribution is -0.137. The van der Waals surface area contributed by atoms with Crippen molar-refractivity contribution in [2.24, 2.45) is 5.92 Å². The van der Waals surface area contributed by atoms with Crippen LogP contribution in [0.2, 0.25) is 5.02 Å². The fraction of sp³-hybridized carbons (Fsp3) is 0.273. The molecule has 0 aliphatic heterocycles. The molecule has 0 bridgehead atoms. The van der Waals surface area contributed by atoms with E-state index in [1.165, 1.54) is 18.2 Å². The van der Waals surface area contributed by atoms with E-state index in [2.05, 4.69) is 5.32 Å². The molecule has 1 aliphatic rings. The van der Waals surface area contributed by atoms with E-state index >= 15 is 0 Å². The standard InChI is InChI=1S/C22H19ClF4N2O/c1-12-5-2-6-13(11-12)20(28)19-16(24)9-4-10-17(19)29-21(30)18-14(22(25,26)27)7-3-8-15(18)23/h3-4,7-12,28H,2,5-6H2,1H3,(H,29,30). The molecule has 1 atom stereocenters. The van der Waals surface area contributed by atoms with Crippen LogP contribution in [-0.4, -0.2) is 11.6 Å². The zero-order valence-corrected chi connectivity index (χ0v) is 16.8. The van der Waals surface area contributed by atoms with Crippen molar-refractivity contribution in [3.8, 4) is 0 Å². The van der Waals surface area contributed by atoms with Crippen molar-refractivity contribution in [3.05, 3.63) is 75.6 Å². The average Bonchev–Trinajstić information content (AvgIpc) is 2.66. The highest BCUT2D eigenvalue weighted by molar-refractivity contribution is 6.34. The fourth-order valence-electron chi connectivity index (χ4n) is 3.55. The van der Waals surface area contributed by atoms with E-state index in [0.29, 0.717) is 12.0 Å². The third-order valence-corrected chi connectivity index (χ3v) is 5.29. The number of allylic oxidation sites excluding steroid dienone is 2. The molecule has 0 aromatic heterocycles. The number of amides is 1. The molecule has 0 spiro atoms. The summed E-state index contributed by atoms with van der Waals surface area (Å²) in [6, 6.07) is 6.83. The summed E-state index contributed by atoms with van der Waals surface area (Å²) in [5, 5.41) is 10.4. The summed E-state index contributed by atoms with van der Waals surface area (Å²) < 4.78 is 54.6. The number of hydrogen-bond donors (Lipinski definition) is 2. The average molecular weight is 439 g/mol. The van der Waals surface area contributed by atoms with Crippen LogP contribution in [0.1, 0.15) is 47.7 Å². The van der Waals surface area contributed by atoms with Gasteiger partial charge in [-0.1, -0.05) is 36.7 Å². The molecule has 2 aromatic carbocycles. The van der Waals surface area contributed by atoms with Crippen molar-refractivity contribution < 1.29 is 22.4 Å². The van der Waals surface area contributed by atoms with Crippen molar-refractivity contribution in [2.45, 2.75) is 32.4 Å². The molecule has 0 fully saturated rings. The molecule has 3 nitrogen and oxygen atoms in total. The highest BCUT2D eigenvalue weighted by Crippen LogP contribution is 2.36. The van der Waals surface area contributed by atoms with Crippen LogP contribution in [0.5, 0.6) is 0 Å². The van der Waals surface area contributed by atoms with Crippen LogP contribution in [0.4, 0.5) is 23.2 Å². The number of rotatable bonds is 4. The van der Waals surface area contributed by atoms with Gasteiger partial charge in [-0.15, -0.1) is 0 Å².